The van der Waals surface area contributed by atoms with E-state index >= 15 is 0 Å². The number of carbonyl (C=O) groups excluding carboxylic acids is 1. The van der Waals surface area contributed by atoms with Gasteiger partial charge in [0.2, 0.25) is 0 Å². The van der Waals surface area contributed by atoms with Gasteiger partial charge in [-0.25, -0.2) is 13.9 Å². The molecule has 0 radical (unpaired) electrons. The van der Waals surface area contributed by atoms with Gasteiger partial charge in [-0.1, -0.05) is 39.0 Å². The molecule has 0 atom stereocenters. The summed E-state index contributed by atoms with van der Waals surface area (Å²) in [5.41, 5.74) is 4.67. The number of rotatable bonds is 9. The lowest BCUT2D eigenvalue weighted by Crippen LogP contribution is -2.49. The number of amides is 2. The largest absolute Gasteiger partial charge is 0.354 e. The third-order valence-electron chi connectivity index (χ3n) is 7.40. The molecule has 2 amide bonds. The second kappa shape index (κ2) is 12.6. The van der Waals surface area contributed by atoms with Crippen molar-refractivity contribution >= 4 is 17.5 Å². The lowest BCUT2D eigenvalue weighted by atomic mass is 10.1. The predicted octanol–water partition coefficient (Wildman–Crippen LogP) is 6.10. The number of carbonyl (C=O) groups is 1. The summed E-state index contributed by atoms with van der Waals surface area (Å²) in [5.74, 6) is 1.02. The Morgan fingerprint density at radius 2 is 1.69 bits per heavy atom. The number of benzene rings is 2. The van der Waals surface area contributed by atoms with Crippen LogP contribution in [0.15, 0.2) is 48.5 Å². The van der Waals surface area contributed by atoms with Gasteiger partial charge in [-0.2, -0.15) is 5.10 Å². The number of hydrogen-bond donors (Lipinski definition) is 1. The first-order valence-electron chi connectivity index (χ1n) is 14.1. The average molecular weight is 535 g/mol. The van der Waals surface area contributed by atoms with E-state index in [1.54, 1.807) is 12.1 Å². The molecular weight excluding hydrogens is 491 g/mol. The summed E-state index contributed by atoms with van der Waals surface area (Å²) in [5, 5.41) is 8.16. The van der Waals surface area contributed by atoms with Crippen LogP contribution in [-0.2, 0) is 13.0 Å². The Hall–Kier alpha value is -3.39. The average Bonchev–Trinajstić information content (AvgIpc) is 3.28. The van der Waals surface area contributed by atoms with Crippen LogP contribution in [0.2, 0.25) is 0 Å². The smallest absolute Gasteiger partial charge is 0.322 e. The highest BCUT2D eigenvalue weighted by atomic mass is 19.1. The van der Waals surface area contributed by atoms with Crippen LogP contribution in [0.1, 0.15) is 51.4 Å². The maximum atomic E-state index is 13.8. The zero-order chi connectivity index (χ0) is 28.1. The molecule has 1 N–H and O–H groups in total. The molecule has 0 unspecified atom stereocenters. The molecule has 0 spiro atoms. The summed E-state index contributed by atoms with van der Waals surface area (Å²) in [7, 11) is 0. The number of nitrogens with one attached hydrogen (secondary N) is 1. The van der Waals surface area contributed by atoms with Crippen LogP contribution >= 0.6 is 0 Å². The molecular formula is C31H43FN6O. The van der Waals surface area contributed by atoms with Crippen LogP contribution in [0.3, 0.4) is 0 Å². The van der Waals surface area contributed by atoms with E-state index in [0.717, 1.165) is 66.6 Å². The van der Waals surface area contributed by atoms with E-state index in [0.29, 0.717) is 25.0 Å². The van der Waals surface area contributed by atoms with Gasteiger partial charge in [0.25, 0.3) is 0 Å². The maximum absolute atomic E-state index is 13.8. The Morgan fingerprint density at radius 3 is 2.28 bits per heavy atom. The van der Waals surface area contributed by atoms with E-state index in [1.165, 1.54) is 12.1 Å². The van der Waals surface area contributed by atoms with Gasteiger partial charge >= 0.3 is 6.03 Å². The summed E-state index contributed by atoms with van der Waals surface area (Å²) >= 11 is 0. The molecule has 1 fully saturated rings. The third-order valence-corrected chi connectivity index (χ3v) is 7.40. The van der Waals surface area contributed by atoms with E-state index in [2.05, 4.69) is 49.7 Å². The first-order valence-corrected chi connectivity index (χ1v) is 14.1. The lowest BCUT2D eigenvalue weighted by Gasteiger charge is -2.38. The molecule has 1 aromatic heterocycles. The van der Waals surface area contributed by atoms with E-state index in [-0.39, 0.29) is 11.8 Å². The van der Waals surface area contributed by atoms with Crippen LogP contribution < -0.4 is 10.2 Å². The zero-order valence-electron chi connectivity index (χ0n) is 24.2. The van der Waals surface area contributed by atoms with Crippen molar-refractivity contribution in [3.05, 3.63) is 71.2 Å². The van der Waals surface area contributed by atoms with Gasteiger partial charge in [0.1, 0.15) is 11.6 Å². The van der Waals surface area contributed by atoms with Gasteiger partial charge in [-0.15, -0.1) is 0 Å². The van der Waals surface area contributed by atoms with Crippen LogP contribution in [0.4, 0.5) is 20.7 Å². The Labute approximate surface area is 232 Å². The molecule has 0 aliphatic carbocycles. The van der Waals surface area contributed by atoms with E-state index < -0.39 is 0 Å². The van der Waals surface area contributed by atoms with Crippen molar-refractivity contribution in [1.29, 1.82) is 0 Å². The Bertz CT molecular complexity index is 1240. The minimum Gasteiger partial charge on any atom is -0.354 e. The fraction of sp³-hybridized carbons (Fsp3) is 0.484. The van der Waals surface area contributed by atoms with Crippen LogP contribution in [0, 0.1) is 18.7 Å². The molecule has 2 heterocycles. The van der Waals surface area contributed by atoms with Crippen molar-refractivity contribution in [1.82, 2.24) is 19.6 Å². The van der Waals surface area contributed by atoms with E-state index in [9.17, 15) is 9.18 Å². The number of nitrogens with zero attached hydrogens (tertiary/aromatic N) is 5. The Morgan fingerprint density at radius 1 is 1.03 bits per heavy atom. The Balaban J connectivity index is 1.74. The molecule has 3 aromatic rings. The standard InChI is InChI=1S/C31H43FN6O/c1-7-28-27(21-37(20-22(2)3)31(39)33-29-11-9-8-10-24(29)6)30(36-18-16-35(17-19-36)23(4)5)38(34-28)26-14-12-25(32)13-15-26/h8-15,22-23H,7,16-21H2,1-6H3,(H,33,39). The quantitative estimate of drug-likeness (QED) is 0.360. The van der Waals surface area contributed by atoms with Gasteiger partial charge in [0, 0.05) is 50.0 Å². The lowest BCUT2D eigenvalue weighted by molar-refractivity contribution is 0.200. The number of halogens is 1. The number of para-hydroxylation sites is 1. The zero-order valence-corrected chi connectivity index (χ0v) is 24.2. The van der Waals surface area contributed by atoms with E-state index in [4.69, 9.17) is 5.10 Å². The molecule has 1 aliphatic heterocycles. The molecule has 0 saturated carbocycles. The SMILES string of the molecule is CCc1nn(-c2ccc(F)cc2)c(N2CCN(C(C)C)CC2)c1CN(CC(C)C)C(=O)Nc1ccccc1C. The molecule has 8 heteroatoms. The Kier molecular flexibility index (Phi) is 9.28. The van der Waals surface area contributed by atoms with Crippen molar-refractivity contribution in [2.45, 2.75) is 60.5 Å². The molecule has 4 rings (SSSR count). The number of aryl methyl sites for hydroxylation is 2. The molecule has 39 heavy (non-hydrogen) atoms. The fourth-order valence-corrected chi connectivity index (χ4v) is 5.23. The van der Waals surface area contributed by atoms with Crippen molar-refractivity contribution in [3.8, 4) is 5.69 Å². The molecule has 7 nitrogen and oxygen atoms in total. The van der Waals surface area contributed by atoms with Gasteiger partial charge in [-0.3, -0.25) is 4.90 Å². The maximum Gasteiger partial charge on any atom is 0.322 e. The van der Waals surface area contributed by atoms with Crippen molar-refractivity contribution in [3.63, 3.8) is 0 Å². The number of anilines is 2. The number of hydrogen-bond acceptors (Lipinski definition) is 4. The van der Waals surface area contributed by atoms with Crippen LogP contribution in [0.5, 0.6) is 0 Å². The van der Waals surface area contributed by atoms with E-state index in [1.807, 2.05) is 40.8 Å². The van der Waals surface area contributed by atoms with Gasteiger partial charge in [0.15, 0.2) is 0 Å². The van der Waals surface area contributed by atoms with Crippen molar-refractivity contribution < 1.29 is 9.18 Å². The highest BCUT2D eigenvalue weighted by molar-refractivity contribution is 5.90. The second-order valence-corrected chi connectivity index (χ2v) is 11.1. The topological polar surface area (TPSA) is 56.6 Å². The number of aromatic nitrogens is 2. The summed E-state index contributed by atoms with van der Waals surface area (Å²) in [6, 6.07) is 14.7. The third kappa shape index (κ3) is 6.79. The monoisotopic (exact) mass is 534 g/mol. The number of piperazine rings is 1. The second-order valence-electron chi connectivity index (χ2n) is 11.1. The summed E-state index contributed by atoms with van der Waals surface area (Å²) in [4.78, 5) is 20.4. The van der Waals surface area contributed by atoms with Gasteiger partial charge in [-0.05, 0) is 69.0 Å². The highest BCUT2D eigenvalue weighted by Gasteiger charge is 2.29. The predicted molar refractivity (Wildman–Crippen MR) is 157 cm³/mol. The fourth-order valence-electron chi connectivity index (χ4n) is 5.23. The van der Waals surface area contributed by atoms with Gasteiger partial charge < -0.3 is 15.1 Å². The summed E-state index contributed by atoms with van der Waals surface area (Å²) in [6.07, 6.45) is 0.734. The minimum atomic E-state index is -0.273. The minimum absolute atomic E-state index is 0.120. The molecule has 1 saturated heterocycles. The first-order chi connectivity index (χ1) is 18.7. The van der Waals surface area contributed by atoms with Crippen LogP contribution in [-0.4, -0.2) is 64.4 Å². The molecule has 2 aromatic carbocycles. The highest BCUT2D eigenvalue weighted by Crippen LogP contribution is 2.31. The molecule has 210 valence electrons. The molecule has 0 bridgehead atoms. The molecule has 1 aliphatic rings. The summed E-state index contributed by atoms with van der Waals surface area (Å²) in [6.45, 7) is 17.5. The van der Waals surface area contributed by atoms with Gasteiger partial charge in [0.05, 0.1) is 17.9 Å². The van der Waals surface area contributed by atoms with Crippen molar-refractivity contribution in [2.75, 3.05) is 42.9 Å². The number of urea groups is 1. The van der Waals surface area contributed by atoms with Crippen molar-refractivity contribution in [2.24, 2.45) is 5.92 Å². The first kappa shape index (κ1) is 28.6. The van der Waals surface area contributed by atoms with Crippen LogP contribution in [0.25, 0.3) is 5.69 Å². The normalized spacial score (nSPS) is 14.3. The summed E-state index contributed by atoms with van der Waals surface area (Å²) < 4.78 is 15.8.